The van der Waals surface area contributed by atoms with Crippen LogP contribution < -0.4 is 4.74 Å². The minimum atomic E-state index is -0.970. The highest BCUT2D eigenvalue weighted by molar-refractivity contribution is 6.30. The summed E-state index contributed by atoms with van der Waals surface area (Å²) < 4.78 is 11.1. The number of nitrogens with zero attached hydrogens (tertiary/aromatic N) is 1. The molecule has 0 fully saturated rings. The zero-order valence-electron chi connectivity index (χ0n) is 15.9. The lowest BCUT2D eigenvalue weighted by Gasteiger charge is -2.13. The van der Waals surface area contributed by atoms with Gasteiger partial charge in [-0.2, -0.15) is 0 Å². The summed E-state index contributed by atoms with van der Waals surface area (Å²) in [6.45, 7) is 4.66. The Labute approximate surface area is 169 Å². The highest BCUT2D eigenvalue weighted by Crippen LogP contribution is 2.16. The number of halogens is 1. The zero-order chi connectivity index (χ0) is 20.4. The van der Waals surface area contributed by atoms with E-state index < -0.39 is 12.1 Å². The molecule has 0 saturated carbocycles. The molecule has 0 bridgehead atoms. The molecule has 1 atom stereocenters. The molecule has 1 unspecified atom stereocenters. The van der Waals surface area contributed by atoms with Crippen molar-refractivity contribution in [1.29, 1.82) is 0 Å². The Morgan fingerprint density at radius 3 is 2.32 bits per heavy atom. The molecule has 0 aliphatic rings. The summed E-state index contributed by atoms with van der Waals surface area (Å²) in [7, 11) is 0. The molecule has 28 heavy (non-hydrogen) atoms. The Kier molecular flexibility index (Phi) is 8.78. The van der Waals surface area contributed by atoms with Crippen LogP contribution >= 0.6 is 11.6 Å². The maximum atomic E-state index is 11.2. The Balaban J connectivity index is 2.01. The second-order valence-electron chi connectivity index (χ2n) is 5.88. The average molecular weight is 406 g/mol. The number of benzene rings is 2. The summed E-state index contributed by atoms with van der Waals surface area (Å²) in [6.07, 6.45) is -0.558. The molecule has 6 nitrogen and oxygen atoms in total. The van der Waals surface area contributed by atoms with Gasteiger partial charge in [0.25, 0.3) is 0 Å². The number of ether oxygens (including phenoxy) is 2. The lowest BCUT2D eigenvalue weighted by Crippen LogP contribution is -2.26. The summed E-state index contributed by atoms with van der Waals surface area (Å²) in [5, 5.41) is 13.9. The topological polar surface area (TPSA) is 77.3 Å². The van der Waals surface area contributed by atoms with Gasteiger partial charge in [0.15, 0.2) is 6.10 Å². The molecule has 0 aliphatic carbocycles. The third-order valence-electron chi connectivity index (χ3n) is 3.84. The first-order valence-electron chi connectivity index (χ1n) is 9.04. The fourth-order valence-corrected chi connectivity index (χ4v) is 2.58. The third-order valence-corrected chi connectivity index (χ3v) is 4.10. The monoisotopic (exact) mass is 405 g/mol. The van der Waals surface area contributed by atoms with Gasteiger partial charge in [0.1, 0.15) is 24.7 Å². The minimum Gasteiger partial charge on any atom is -0.487 e. The molecule has 0 amide bonds. The van der Waals surface area contributed by atoms with Crippen LogP contribution in [-0.2, 0) is 20.8 Å². The van der Waals surface area contributed by atoms with Gasteiger partial charge in [-0.3, -0.25) is 0 Å². The van der Waals surface area contributed by atoms with Crippen molar-refractivity contribution in [2.45, 2.75) is 26.4 Å². The standard InChI is InChI=1S/C21H24ClNO5/c1-3-26-20(21(24)25)13-15-5-11-18(12-6-15)27-14-19(23-28-4-2)16-7-9-17(22)10-8-16/h5-12,20H,3-4,13-14H2,1-2H3,(H,24,25)/b23-19+. The van der Waals surface area contributed by atoms with E-state index >= 15 is 0 Å². The van der Waals surface area contributed by atoms with Gasteiger partial charge in [0, 0.05) is 23.6 Å². The quantitative estimate of drug-likeness (QED) is 0.448. The molecule has 7 heteroatoms. The fraction of sp³-hybridized carbons (Fsp3) is 0.333. The third kappa shape index (κ3) is 6.87. The van der Waals surface area contributed by atoms with Crippen molar-refractivity contribution in [3.8, 4) is 5.75 Å². The van der Waals surface area contributed by atoms with Crippen molar-refractivity contribution >= 4 is 23.3 Å². The van der Waals surface area contributed by atoms with Crippen LogP contribution in [0.5, 0.6) is 5.75 Å². The van der Waals surface area contributed by atoms with Crippen molar-refractivity contribution in [3.05, 3.63) is 64.7 Å². The second-order valence-corrected chi connectivity index (χ2v) is 6.32. The van der Waals surface area contributed by atoms with Crippen LogP contribution in [0.4, 0.5) is 0 Å². The summed E-state index contributed by atoms with van der Waals surface area (Å²) in [5.74, 6) is -0.327. The summed E-state index contributed by atoms with van der Waals surface area (Å²) in [6, 6.07) is 14.5. The largest absolute Gasteiger partial charge is 0.487 e. The van der Waals surface area contributed by atoms with Gasteiger partial charge in [0.2, 0.25) is 0 Å². The van der Waals surface area contributed by atoms with Crippen LogP contribution in [0.2, 0.25) is 5.02 Å². The predicted octanol–water partition coefficient (Wildman–Crippen LogP) is 4.19. The van der Waals surface area contributed by atoms with Crippen molar-refractivity contribution in [2.75, 3.05) is 19.8 Å². The van der Waals surface area contributed by atoms with E-state index in [2.05, 4.69) is 5.16 Å². The van der Waals surface area contributed by atoms with Crippen LogP contribution in [0.25, 0.3) is 0 Å². The molecular weight excluding hydrogens is 382 g/mol. The van der Waals surface area contributed by atoms with Crippen molar-refractivity contribution in [3.63, 3.8) is 0 Å². The van der Waals surface area contributed by atoms with E-state index in [-0.39, 0.29) is 6.61 Å². The zero-order valence-corrected chi connectivity index (χ0v) is 16.7. The first-order chi connectivity index (χ1) is 13.5. The predicted molar refractivity (Wildman–Crippen MR) is 108 cm³/mol. The smallest absolute Gasteiger partial charge is 0.333 e. The molecule has 0 aromatic heterocycles. The van der Waals surface area contributed by atoms with Crippen LogP contribution in [0, 0.1) is 0 Å². The van der Waals surface area contributed by atoms with Gasteiger partial charge in [-0.1, -0.05) is 41.0 Å². The highest BCUT2D eigenvalue weighted by atomic mass is 35.5. The first-order valence-corrected chi connectivity index (χ1v) is 9.42. The molecule has 0 radical (unpaired) electrons. The SMILES string of the molecule is CCO/N=C(\COc1ccc(CC(OCC)C(=O)O)cc1)c1ccc(Cl)cc1. The molecule has 2 rings (SSSR count). The van der Waals surface area contributed by atoms with Crippen molar-refractivity contribution in [1.82, 2.24) is 0 Å². The van der Waals surface area contributed by atoms with E-state index in [0.717, 1.165) is 11.1 Å². The summed E-state index contributed by atoms with van der Waals surface area (Å²) >= 11 is 5.94. The van der Waals surface area contributed by atoms with Crippen LogP contribution in [0.15, 0.2) is 53.7 Å². The molecular formula is C21H24ClNO5. The van der Waals surface area contributed by atoms with E-state index in [1.54, 1.807) is 31.2 Å². The number of aliphatic carboxylic acids is 1. The van der Waals surface area contributed by atoms with Crippen molar-refractivity contribution < 1.29 is 24.2 Å². The Bertz CT molecular complexity index is 774. The molecule has 2 aromatic rings. The lowest BCUT2D eigenvalue weighted by molar-refractivity contribution is -0.149. The molecule has 0 heterocycles. The van der Waals surface area contributed by atoms with Crippen molar-refractivity contribution in [2.24, 2.45) is 5.16 Å². The van der Waals surface area contributed by atoms with Gasteiger partial charge in [0.05, 0.1) is 0 Å². The molecule has 150 valence electrons. The Morgan fingerprint density at radius 1 is 1.07 bits per heavy atom. The molecule has 0 saturated heterocycles. The normalized spacial score (nSPS) is 12.5. The summed E-state index contributed by atoms with van der Waals surface area (Å²) in [4.78, 5) is 16.4. The van der Waals surface area contributed by atoms with Gasteiger partial charge in [-0.15, -0.1) is 0 Å². The van der Waals surface area contributed by atoms with E-state index in [4.69, 9.17) is 25.9 Å². The molecule has 0 spiro atoms. The second kappa shape index (κ2) is 11.3. The first kappa shape index (κ1) is 21.7. The van der Waals surface area contributed by atoms with E-state index in [9.17, 15) is 9.90 Å². The maximum Gasteiger partial charge on any atom is 0.333 e. The minimum absolute atomic E-state index is 0.220. The average Bonchev–Trinajstić information content (AvgIpc) is 2.69. The van der Waals surface area contributed by atoms with E-state index in [1.807, 2.05) is 31.2 Å². The highest BCUT2D eigenvalue weighted by Gasteiger charge is 2.17. The number of carbonyl (C=O) groups is 1. The van der Waals surface area contributed by atoms with Gasteiger partial charge >= 0.3 is 5.97 Å². The van der Waals surface area contributed by atoms with E-state index in [0.29, 0.717) is 36.1 Å². The number of hydrogen-bond donors (Lipinski definition) is 1. The maximum absolute atomic E-state index is 11.2. The number of hydrogen-bond acceptors (Lipinski definition) is 5. The number of oxime groups is 1. The van der Waals surface area contributed by atoms with E-state index in [1.165, 1.54) is 0 Å². The molecule has 1 N–H and O–H groups in total. The lowest BCUT2D eigenvalue weighted by atomic mass is 10.1. The number of rotatable bonds is 11. The number of carboxylic acid groups (broad SMARTS) is 1. The van der Waals surface area contributed by atoms with Crippen LogP contribution in [0.1, 0.15) is 25.0 Å². The number of carboxylic acids is 1. The Hall–Kier alpha value is -2.57. The van der Waals surface area contributed by atoms with Gasteiger partial charge in [-0.25, -0.2) is 4.79 Å². The molecule has 2 aromatic carbocycles. The fourth-order valence-electron chi connectivity index (χ4n) is 2.45. The molecule has 0 aliphatic heterocycles. The van der Waals surface area contributed by atoms with Gasteiger partial charge in [-0.05, 0) is 43.7 Å². The summed E-state index contributed by atoms with van der Waals surface area (Å²) in [5.41, 5.74) is 2.36. The van der Waals surface area contributed by atoms with Crippen LogP contribution in [-0.4, -0.2) is 42.7 Å². The van der Waals surface area contributed by atoms with Crippen LogP contribution in [0.3, 0.4) is 0 Å². The Morgan fingerprint density at radius 2 is 1.75 bits per heavy atom. The van der Waals surface area contributed by atoms with Gasteiger partial charge < -0.3 is 19.4 Å².